The van der Waals surface area contributed by atoms with Gasteiger partial charge in [-0.2, -0.15) is 0 Å². The van der Waals surface area contributed by atoms with E-state index in [-0.39, 0.29) is 17.5 Å². The molecule has 0 amide bonds. The number of hydrogen-bond acceptors (Lipinski definition) is 6. The number of aromatic carboxylic acids is 1. The summed E-state index contributed by atoms with van der Waals surface area (Å²) in [4.78, 5) is 21.9. The van der Waals surface area contributed by atoms with Crippen molar-refractivity contribution in [3.8, 4) is 0 Å². The quantitative estimate of drug-likeness (QED) is 0.236. The van der Waals surface area contributed by atoms with Crippen LogP contribution in [0.1, 0.15) is 59.4 Å². The first-order chi connectivity index (χ1) is 20.7. The summed E-state index contributed by atoms with van der Waals surface area (Å²) in [7, 11) is 2.07. The van der Waals surface area contributed by atoms with E-state index in [1.54, 1.807) is 42.1 Å². The Morgan fingerprint density at radius 1 is 1.16 bits per heavy atom. The van der Waals surface area contributed by atoms with Crippen molar-refractivity contribution in [1.82, 2.24) is 14.5 Å². The number of halogens is 2. The fourth-order valence-electron chi connectivity index (χ4n) is 6.77. The van der Waals surface area contributed by atoms with Crippen molar-refractivity contribution in [3.63, 3.8) is 0 Å². The minimum atomic E-state index is -0.937. The Bertz CT molecular complexity index is 1720. The summed E-state index contributed by atoms with van der Waals surface area (Å²) >= 11 is 7.76. The number of fused-ring (bicyclic) bond motifs is 2. The SMILES string of the molecule is CN1c2c(cccc2C2CCN(Cc3nc4ccc(C(=O)O)cc4n3CC3CCO3)CC2)SC1(C)c1ccc(Cl)cc1F. The second-order valence-corrected chi connectivity index (χ2v) is 13.8. The molecule has 0 radical (unpaired) electrons. The summed E-state index contributed by atoms with van der Waals surface area (Å²) in [6.07, 6.45) is 3.16. The van der Waals surface area contributed by atoms with Gasteiger partial charge in [-0.3, -0.25) is 4.90 Å². The van der Waals surface area contributed by atoms with Crippen molar-refractivity contribution in [1.29, 1.82) is 0 Å². The molecule has 1 N–H and O–H groups in total. The van der Waals surface area contributed by atoms with Gasteiger partial charge in [0.05, 0.1) is 41.5 Å². The number of hydrogen-bond donors (Lipinski definition) is 1. The first kappa shape index (κ1) is 28.6. The zero-order chi connectivity index (χ0) is 29.9. The van der Waals surface area contributed by atoms with Crippen LogP contribution in [-0.2, 0) is 22.7 Å². The third-order valence-electron chi connectivity index (χ3n) is 9.39. The molecule has 1 aromatic heterocycles. The third kappa shape index (κ3) is 5.10. The van der Waals surface area contributed by atoms with Crippen LogP contribution in [0.5, 0.6) is 0 Å². The predicted octanol–water partition coefficient (Wildman–Crippen LogP) is 7.11. The van der Waals surface area contributed by atoms with Crippen LogP contribution in [0.3, 0.4) is 0 Å². The summed E-state index contributed by atoms with van der Waals surface area (Å²) in [5, 5.41) is 9.96. The minimum Gasteiger partial charge on any atom is -0.478 e. The summed E-state index contributed by atoms with van der Waals surface area (Å²) in [6, 6.07) is 16.6. The van der Waals surface area contributed by atoms with E-state index in [1.807, 2.05) is 0 Å². The largest absolute Gasteiger partial charge is 0.478 e. The molecule has 4 aromatic rings. The maximum Gasteiger partial charge on any atom is 0.335 e. The molecule has 3 aromatic carbocycles. The summed E-state index contributed by atoms with van der Waals surface area (Å²) in [5.74, 6) is 0.121. The highest BCUT2D eigenvalue weighted by Crippen LogP contribution is 2.57. The second kappa shape index (κ2) is 11.1. The van der Waals surface area contributed by atoms with Gasteiger partial charge >= 0.3 is 5.97 Å². The second-order valence-electron chi connectivity index (χ2n) is 11.9. The number of nitrogens with zero attached hydrogens (tertiary/aromatic N) is 4. The molecule has 2 unspecified atom stereocenters. The van der Waals surface area contributed by atoms with Crippen LogP contribution in [0.15, 0.2) is 59.5 Å². The number of ether oxygens (including phenoxy) is 1. The molecular formula is C33H34ClFN4O3S. The number of piperidine rings is 1. The summed E-state index contributed by atoms with van der Waals surface area (Å²) < 4.78 is 23.0. The van der Waals surface area contributed by atoms with Crippen LogP contribution in [-0.4, -0.2) is 58.4 Å². The number of carboxylic acid groups (broad SMARTS) is 1. The van der Waals surface area contributed by atoms with Crippen molar-refractivity contribution >= 4 is 46.1 Å². The molecule has 0 aliphatic carbocycles. The Morgan fingerprint density at radius 3 is 2.65 bits per heavy atom. The number of aromatic nitrogens is 2. The number of anilines is 1. The third-order valence-corrected chi connectivity index (χ3v) is 11.1. The van der Waals surface area contributed by atoms with E-state index < -0.39 is 10.8 Å². The predicted molar refractivity (Wildman–Crippen MR) is 168 cm³/mol. The molecule has 4 heterocycles. The van der Waals surface area contributed by atoms with Crippen LogP contribution in [0.2, 0.25) is 5.02 Å². The highest BCUT2D eigenvalue weighted by atomic mass is 35.5. The average molecular weight is 621 g/mol. The van der Waals surface area contributed by atoms with E-state index in [0.29, 0.717) is 29.6 Å². The first-order valence-corrected chi connectivity index (χ1v) is 16.0. The van der Waals surface area contributed by atoms with Gasteiger partial charge < -0.3 is 19.3 Å². The molecule has 0 saturated carbocycles. The Balaban J connectivity index is 1.10. The molecule has 7 rings (SSSR count). The van der Waals surface area contributed by atoms with Gasteiger partial charge in [-0.1, -0.05) is 41.6 Å². The van der Waals surface area contributed by atoms with E-state index in [2.05, 4.69) is 46.5 Å². The first-order valence-electron chi connectivity index (χ1n) is 14.8. The highest BCUT2D eigenvalue weighted by molar-refractivity contribution is 8.00. The van der Waals surface area contributed by atoms with Crippen LogP contribution < -0.4 is 4.90 Å². The zero-order valence-electron chi connectivity index (χ0n) is 24.2. The fraction of sp³-hybridized carbons (Fsp3) is 0.394. The number of likely N-dealkylation sites (tertiary alicyclic amines) is 1. The van der Waals surface area contributed by atoms with E-state index >= 15 is 4.39 Å². The fourth-order valence-corrected chi connectivity index (χ4v) is 8.36. The van der Waals surface area contributed by atoms with E-state index in [9.17, 15) is 9.90 Å². The topological polar surface area (TPSA) is 70.8 Å². The Labute approximate surface area is 259 Å². The molecule has 2 saturated heterocycles. The molecule has 7 nitrogen and oxygen atoms in total. The molecular weight excluding hydrogens is 587 g/mol. The molecule has 0 bridgehead atoms. The van der Waals surface area contributed by atoms with Gasteiger partial charge in [-0.05, 0) is 87.2 Å². The maximum absolute atomic E-state index is 15.1. The van der Waals surface area contributed by atoms with Gasteiger partial charge in [0.25, 0.3) is 0 Å². The molecule has 43 heavy (non-hydrogen) atoms. The van der Waals surface area contributed by atoms with Gasteiger partial charge in [0.2, 0.25) is 0 Å². The lowest BCUT2D eigenvalue weighted by Gasteiger charge is -2.37. The number of rotatable bonds is 7. The number of benzene rings is 3. The van der Waals surface area contributed by atoms with Crippen molar-refractivity contribution in [3.05, 3.63) is 88.0 Å². The lowest BCUT2D eigenvalue weighted by molar-refractivity contribution is -0.0592. The minimum absolute atomic E-state index is 0.137. The van der Waals surface area contributed by atoms with Gasteiger partial charge in [-0.25, -0.2) is 14.2 Å². The number of para-hydroxylation sites is 1. The Morgan fingerprint density at radius 2 is 1.95 bits per heavy atom. The monoisotopic (exact) mass is 620 g/mol. The van der Waals surface area contributed by atoms with Crippen molar-refractivity contribution in [2.24, 2.45) is 0 Å². The van der Waals surface area contributed by atoms with E-state index in [0.717, 1.165) is 55.8 Å². The molecule has 2 fully saturated rings. The standard InChI is InChI=1S/C33H34ClFN4O3S/c1-33(25-8-7-22(34)17-26(25)35)37(2)31-24(4-3-5-29(31)43-33)20-10-13-38(14-11-20)19-30-36-27-9-6-21(32(40)41)16-28(27)39(30)18-23-12-15-42-23/h3-9,16-17,20,23H,10-15,18-19H2,1-2H3,(H,40,41). The molecule has 10 heteroatoms. The van der Waals surface area contributed by atoms with Gasteiger partial charge in [0.15, 0.2) is 0 Å². The Hall–Kier alpha value is -3.11. The zero-order valence-corrected chi connectivity index (χ0v) is 25.8. The van der Waals surface area contributed by atoms with Crippen LogP contribution >= 0.6 is 23.4 Å². The number of thioether (sulfide) groups is 1. The number of carboxylic acids is 1. The summed E-state index contributed by atoms with van der Waals surface area (Å²) in [5.41, 5.74) is 5.08. The molecule has 224 valence electrons. The van der Waals surface area contributed by atoms with E-state index in [1.165, 1.54) is 22.2 Å². The maximum atomic E-state index is 15.1. The molecule has 2 atom stereocenters. The van der Waals surface area contributed by atoms with Gasteiger partial charge in [0.1, 0.15) is 16.5 Å². The van der Waals surface area contributed by atoms with Crippen molar-refractivity contribution < 1.29 is 19.0 Å². The normalized spacial score (nSPS) is 22.6. The smallest absolute Gasteiger partial charge is 0.335 e. The van der Waals surface area contributed by atoms with Gasteiger partial charge in [0, 0.05) is 29.1 Å². The molecule has 3 aliphatic rings. The van der Waals surface area contributed by atoms with Gasteiger partial charge in [-0.15, -0.1) is 0 Å². The van der Waals surface area contributed by atoms with Crippen LogP contribution in [0, 0.1) is 5.82 Å². The lowest BCUT2D eigenvalue weighted by atomic mass is 9.87. The van der Waals surface area contributed by atoms with Crippen molar-refractivity contribution in [2.45, 2.75) is 61.1 Å². The number of carbonyl (C=O) groups is 1. The molecule has 3 aliphatic heterocycles. The van der Waals surface area contributed by atoms with Crippen LogP contribution in [0.4, 0.5) is 10.1 Å². The van der Waals surface area contributed by atoms with Crippen molar-refractivity contribution in [2.75, 3.05) is 31.6 Å². The average Bonchev–Trinajstić information content (AvgIpc) is 3.43. The van der Waals surface area contributed by atoms with E-state index in [4.69, 9.17) is 21.3 Å². The Kier molecular flexibility index (Phi) is 7.40. The highest BCUT2D eigenvalue weighted by Gasteiger charge is 2.44. The lowest BCUT2D eigenvalue weighted by Crippen LogP contribution is -2.37. The number of imidazole rings is 1. The summed E-state index contributed by atoms with van der Waals surface area (Å²) in [6.45, 7) is 6.09. The van der Waals surface area contributed by atoms with Crippen LogP contribution in [0.25, 0.3) is 11.0 Å². The molecule has 0 spiro atoms.